The van der Waals surface area contributed by atoms with Gasteiger partial charge in [-0.15, -0.1) is 10.2 Å². The molecule has 0 bridgehead atoms. The number of rotatable bonds is 6. The summed E-state index contributed by atoms with van der Waals surface area (Å²) in [6, 6.07) is 18.5. The summed E-state index contributed by atoms with van der Waals surface area (Å²) in [7, 11) is 1.59. The molecule has 0 spiro atoms. The summed E-state index contributed by atoms with van der Waals surface area (Å²) in [5.41, 5.74) is 3.09. The largest absolute Gasteiger partial charge is 0.497 e. The van der Waals surface area contributed by atoms with E-state index in [1.165, 1.54) is 5.56 Å². The number of hydrogen-bond donors (Lipinski definition) is 2. The van der Waals surface area contributed by atoms with E-state index in [-0.39, 0.29) is 11.6 Å². The highest BCUT2D eigenvalue weighted by atomic mass is 16.5. The summed E-state index contributed by atoms with van der Waals surface area (Å²) in [5, 5.41) is 14.1. The molecule has 0 unspecified atom stereocenters. The van der Waals surface area contributed by atoms with E-state index >= 15 is 0 Å². The fourth-order valence-corrected chi connectivity index (χ4v) is 2.48. The lowest BCUT2D eigenvalue weighted by Crippen LogP contribution is -2.14. The lowest BCUT2D eigenvalue weighted by molar-refractivity contribution is 0.102. The molecule has 132 valence electrons. The first kappa shape index (κ1) is 17.4. The van der Waals surface area contributed by atoms with Crippen molar-refractivity contribution in [2.24, 2.45) is 0 Å². The molecule has 0 radical (unpaired) electrons. The predicted molar refractivity (Wildman–Crippen MR) is 102 cm³/mol. The minimum atomic E-state index is -0.317. The van der Waals surface area contributed by atoms with Gasteiger partial charge in [0.1, 0.15) is 5.75 Å². The highest BCUT2D eigenvalue weighted by Gasteiger charge is 2.09. The first-order valence-corrected chi connectivity index (χ1v) is 8.33. The van der Waals surface area contributed by atoms with Crippen LogP contribution in [0.25, 0.3) is 0 Å². The topological polar surface area (TPSA) is 76.1 Å². The van der Waals surface area contributed by atoms with Gasteiger partial charge < -0.3 is 15.4 Å². The third kappa shape index (κ3) is 4.16. The Kier molecular flexibility index (Phi) is 5.43. The van der Waals surface area contributed by atoms with Crippen LogP contribution in [0.1, 0.15) is 23.0 Å². The van der Waals surface area contributed by atoms with Crippen LogP contribution >= 0.6 is 0 Å². The summed E-state index contributed by atoms with van der Waals surface area (Å²) in [4.78, 5) is 12.3. The van der Waals surface area contributed by atoms with Gasteiger partial charge in [0, 0.05) is 11.4 Å². The number of nitrogens with one attached hydrogen (secondary N) is 2. The Morgan fingerprint density at radius 3 is 2.42 bits per heavy atom. The number of methoxy groups -OCH3 is 1. The Bertz CT molecular complexity index is 877. The van der Waals surface area contributed by atoms with Gasteiger partial charge in [-0.05, 0) is 54.4 Å². The average Bonchev–Trinajstić information content (AvgIpc) is 2.69. The van der Waals surface area contributed by atoms with E-state index in [0.29, 0.717) is 11.5 Å². The number of anilines is 3. The molecule has 26 heavy (non-hydrogen) atoms. The van der Waals surface area contributed by atoms with Crippen molar-refractivity contribution in [2.75, 3.05) is 17.7 Å². The van der Waals surface area contributed by atoms with Crippen LogP contribution in [0.15, 0.2) is 60.7 Å². The fraction of sp³-hybridized carbons (Fsp3) is 0.150. The normalized spacial score (nSPS) is 10.2. The zero-order valence-electron chi connectivity index (χ0n) is 14.7. The number of amides is 1. The second-order valence-corrected chi connectivity index (χ2v) is 5.62. The van der Waals surface area contributed by atoms with E-state index in [1.807, 2.05) is 18.2 Å². The van der Waals surface area contributed by atoms with Gasteiger partial charge in [0.05, 0.1) is 7.11 Å². The van der Waals surface area contributed by atoms with E-state index in [9.17, 15) is 4.79 Å². The quantitative estimate of drug-likeness (QED) is 0.703. The molecule has 0 atom stereocenters. The molecule has 0 aliphatic carbocycles. The Hall–Kier alpha value is -3.41. The van der Waals surface area contributed by atoms with Crippen molar-refractivity contribution in [2.45, 2.75) is 13.3 Å². The minimum Gasteiger partial charge on any atom is -0.497 e. The molecule has 2 aromatic carbocycles. The number of nitrogens with zero attached hydrogens (tertiary/aromatic N) is 2. The zero-order valence-corrected chi connectivity index (χ0v) is 14.7. The van der Waals surface area contributed by atoms with Gasteiger partial charge >= 0.3 is 0 Å². The highest BCUT2D eigenvalue weighted by molar-refractivity contribution is 6.02. The molecule has 3 aromatic rings. The first-order chi connectivity index (χ1) is 12.7. The van der Waals surface area contributed by atoms with Crippen LogP contribution < -0.4 is 15.4 Å². The van der Waals surface area contributed by atoms with Crippen LogP contribution in [0.2, 0.25) is 0 Å². The van der Waals surface area contributed by atoms with Crippen molar-refractivity contribution in [1.29, 1.82) is 0 Å². The molecule has 1 amide bonds. The van der Waals surface area contributed by atoms with Crippen molar-refractivity contribution in [3.8, 4) is 5.75 Å². The molecule has 0 saturated heterocycles. The number of hydrogen-bond acceptors (Lipinski definition) is 5. The summed E-state index contributed by atoms with van der Waals surface area (Å²) < 4.78 is 5.10. The van der Waals surface area contributed by atoms with E-state index < -0.39 is 0 Å². The maximum absolute atomic E-state index is 12.3. The lowest BCUT2D eigenvalue weighted by atomic mass is 10.1. The molecule has 0 aliphatic rings. The van der Waals surface area contributed by atoms with Gasteiger partial charge in [-0.25, -0.2) is 0 Å². The standard InChI is InChI=1S/C20H20N4O2/c1-3-14-6-4-5-7-17(14)22-19-13-12-18(23-24-19)20(25)21-15-8-10-16(26-2)11-9-15/h4-13H,3H2,1-2H3,(H,21,25)(H,22,24). The molecule has 6 heteroatoms. The smallest absolute Gasteiger partial charge is 0.276 e. The SMILES string of the molecule is CCc1ccccc1Nc1ccc(C(=O)Nc2ccc(OC)cc2)nn1. The minimum absolute atomic E-state index is 0.246. The van der Waals surface area contributed by atoms with Crippen molar-refractivity contribution >= 4 is 23.1 Å². The monoisotopic (exact) mass is 348 g/mol. The van der Waals surface area contributed by atoms with E-state index in [4.69, 9.17) is 4.74 Å². The van der Waals surface area contributed by atoms with Gasteiger partial charge in [-0.2, -0.15) is 0 Å². The van der Waals surface area contributed by atoms with Gasteiger partial charge in [0.2, 0.25) is 0 Å². The molecule has 3 rings (SSSR count). The molecule has 6 nitrogen and oxygen atoms in total. The summed E-state index contributed by atoms with van der Waals surface area (Å²) in [5.74, 6) is 1.00. The zero-order chi connectivity index (χ0) is 18.4. The predicted octanol–water partition coefficient (Wildman–Crippen LogP) is 4.04. The summed E-state index contributed by atoms with van der Waals surface area (Å²) >= 11 is 0. The number of aromatic nitrogens is 2. The molecule has 1 aromatic heterocycles. The Labute approximate surface area is 152 Å². The van der Waals surface area contributed by atoms with Crippen LogP contribution in [0.5, 0.6) is 5.75 Å². The van der Waals surface area contributed by atoms with Gasteiger partial charge in [0.15, 0.2) is 11.5 Å². The Morgan fingerprint density at radius 2 is 1.77 bits per heavy atom. The first-order valence-electron chi connectivity index (χ1n) is 8.33. The number of benzene rings is 2. The number of carbonyl (C=O) groups excluding carboxylic acids is 1. The lowest BCUT2D eigenvalue weighted by Gasteiger charge is -2.10. The van der Waals surface area contributed by atoms with Crippen molar-refractivity contribution in [1.82, 2.24) is 10.2 Å². The fourth-order valence-electron chi connectivity index (χ4n) is 2.48. The average molecular weight is 348 g/mol. The van der Waals surface area contributed by atoms with Crippen LogP contribution in [0, 0.1) is 0 Å². The third-order valence-corrected chi connectivity index (χ3v) is 3.91. The van der Waals surface area contributed by atoms with Crippen LogP contribution in [0.3, 0.4) is 0 Å². The van der Waals surface area contributed by atoms with E-state index in [1.54, 1.807) is 43.5 Å². The van der Waals surface area contributed by atoms with Gasteiger partial charge in [0.25, 0.3) is 5.91 Å². The van der Waals surface area contributed by atoms with Gasteiger partial charge in [-0.3, -0.25) is 4.79 Å². The number of ether oxygens (including phenoxy) is 1. The van der Waals surface area contributed by atoms with Crippen molar-refractivity contribution < 1.29 is 9.53 Å². The second-order valence-electron chi connectivity index (χ2n) is 5.62. The Balaban J connectivity index is 1.67. The maximum Gasteiger partial charge on any atom is 0.276 e. The van der Waals surface area contributed by atoms with Crippen molar-refractivity contribution in [3.05, 3.63) is 71.9 Å². The summed E-state index contributed by atoms with van der Waals surface area (Å²) in [6.07, 6.45) is 0.916. The number of aryl methyl sites for hydroxylation is 1. The van der Waals surface area contributed by atoms with Crippen LogP contribution in [-0.2, 0) is 6.42 Å². The van der Waals surface area contributed by atoms with Crippen LogP contribution in [0.4, 0.5) is 17.2 Å². The molecule has 2 N–H and O–H groups in total. The molecule has 0 aliphatic heterocycles. The molecule has 0 fully saturated rings. The second kappa shape index (κ2) is 8.11. The van der Waals surface area contributed by atoms with Crippen LogP contribution in [-0.4, -0.2) is 23.2 Å². The molecular weight excluding hydrogens is 328 g/mol. The van der Waals surface area contributed by atoms with E-state index in [2.05, 4.69) is 33.8 Å². The van der Waals surface area contributed by atoms with E-state index in [0.717, 1.165) is 17.9 Å². The Morgan fingerprint density at radius 1 is 1.00 bits per heavy atom. The summed E-state index contributed by atoms with van der Waals surface area (Å²) in [6.45, 7) is 2.10. The highest BCUT2D eigenvalue weighted by Crippen LogP contribution is 2.20. The molecule has 1 heterocycles. The maximum atomic E-state index is 12.3. The molecular formula is C20H20N4O2. The number of para-hydroxylation sites is 1. The van der Waals surface area contributed by atoms with Crippen molar-refractivity contribution in [3.63, 3.8) is 0 Å². The van der Waals surface area contributed by atoms with Gasteiger partial charge in [-0.1, -0.05) is 25.1 Å². The third-order valence-electron chi connectivity index (χ3n) is 3.91. The number of carbonyl (C=O) groups is 1. The molecule has 0 saturated carbocycles.